The Bertz CT molecular complexity index is 942. The van der Waals surface area contributed by atoms with Crippen LogP contribution in [0.5, 0.6) is 0 Å². The number of carbonyl (C=O) groups excluding carboxylic acids is 1. The topological polar surface area (TPSA) is 94.2 Å². The lowest BCUT2D eigenvalue weighted by molar-refractivity contribution is -0.122. The van der Waals surface area contributed by atoms with Crippen molar-refractivity contribution in [1.82, 2.24) is 29.5 Å². The summed E-state index contributed by atoms with van der Waals surface area (Å²) in [5.41, 5.74) is 0.948. The van der Waals surface area contributed by atoms with Crippen molar-refractivity contribution in [3.63, 3.8) is 0 Å². The van der Waals surface area contributed by atoms with Crippen molar-refractivity contribution in [2.24, 2.45) is 0 Å². The van der Waals surface area contributed by atoms with Crippen molar-refractivity contribution in [2.75, 3.05) is 0 Å². The molecule has 23 heavy (non-hydrogen) atoms. The van der Waals surface area contributed by atoms with Gasteiger partial charge in [-0.05, 0) is 32.4 Å². The van der Waals surface area contributed by atoms with Gasteiger partial charge in [0.15, 0.2) is 5.65 Å². The molecule has 3 aromatic heterocycles. The molecule has 8 heteroatoms. The standard InChI is InChI=1S/C15H18N6O2/c1-4-9(2)17-12(22)8-20-11-6-5-7-16-13(11)21-10(3)18-19-14(21)15(20)23/h5-7,9H,4,8H2,1-3H3,(H,17,22)/t9-/m1/s1. The van der Waals surface area contributed by atoms with E-state index in [2.05, 4.69) is 20.5 Å². The molecular formula is C15H18N6O2. The largest absolute Gasteiger partial charge is 0.352 e. The van der Waals surface area contributed by atoms with E-state index in [9.17, 15) is 9.59 Å². The first-order chi connectivity index (χ1) is 11.0. The van der Waals surface area contributed by atoms with Gasteiger partial charge in [0.05, 0.1) is 5.52 Å². The lowest BCUT2D eigenvalue weighted by Gasteiger charge is -2.14. The van der Waals surface area contributed by atoms with E-state index in [1.807, 2.05) is 13.8 Å². The number of rotatable bonds is 4. The normalized spacial score (nSPS) is 12.7. The molecule has 120 valence electrons. The summed E-state index contributed by atoms with van der Waals surface area (Å²) in [6.45, 7) is 5.59. The molecule has 0 unspecified atom stereocenters. The molecule has 3 rings (SSSR count). The first kappa shape index (κ1) is 15.1. The molecule has 0 aliphatic rings. The first-order valence-corrected chi connectivity index (χ1v) is 7.51. The summed E-state index contributed by atoms with van der Waals surface area (Å²) in [6, 6.07) is 3.55. The maximum Gasteiger partial charge on any atom is 0.297 e. The maximum atomic E-state index is 12.7. The molecule has 0 radical (unpaired) electrons. The minimum absolute atomic E-state index is 0.0571. The van der Waals surface area contributed by atoms with Crippen LogP contribution in [0.1, 0.15) is 26.1 Å². The van der Waals surface area contributed by atoms with Crippen LogP contribution in [-0.2, 0) is 11.3 Å². The quantitative estimate of drug-likeness (QED) is 0.763. The van der Waals surface area contributed by atoms with Crippen molar-refractivity contribution in [1.29, 1.82) is 0 Å². The Balaban J connectivity index is 2.17. The van der Waals surface area contributed by atoms with Gasteiger partial charge in [0, 0.05) is 12.2 Å². The van der Waals surface area contributed by atoms with Gasteiger partial charge >= 0.3 is 0 Å². The molecule has 0 aromatic carbocycles. The number of nitrogens with zero attached hydrogens (tertiary/aromatic N) is 5. The molecule has 0 saturated heterocycles. The SMILES string of the molecule is CC[C@@H](C)NC(=O)Cn1c(=O)c2nnc(C)n2c2ncccc21. The second-order valence-electron chi connectivity index (χ2n) is 5.52. The molecule has 3 heterocycles. The van der Waals surface area contributed by atoms with E-state index < -0.39 is 0 Å². The number of nitrogens with one attached hydrogen (secondary N) is 1. The smallest absolute Gasteiger partial charge is 0.297 e. The third-order valence-corrected chi connectivity index (χ3v) is 3.85. The van der Waals surface area contributed by atoms with Crippen LogP contribution in [0.4, 0.5) is 0 Å². The molecular weight excluding hydrogens is 296 g/mol. The molecule has 1 atom stereocenters. The summed E-state index contributed by atoms with van der Waals surface area (Å²) >= 11 is 0. The lowest BCUT2D eigenvalue weighted by Crippen LogP contribution is -2.37. The highest BCUT2D eigenvalue weighted by Gasteiger charge is 2.17. The predicted molar refractivity (Wildman–Crippen MR) is 85.2 cm³/mol. The van der Waals surface area contributed by atoms with Crippen molar-refractivity contribution >= 4 is 22.7 Å². The van der Waals surface area contributed by atoms with Gasteiger partial charge < -0.3 is 5.32 Å². The average Bonchev–Trinajstić information content (AvgIpc) is 2.93. The lowest BCUT2D eigenvalue weighted by atomic mass is 10.2. The van der Waals surface area contributed by atoms with Crippen LogP contribution in [0.3, 0.4) is 0 Å². The van der Waals surface area contributed by atoms with Gasteiger partial charge in [-0.25, -0.2) is 4.98 Å². The van der Waals surface area contributed by atoms with Crippen LogP contribution in [0.2, 0.25) is 0 Å². The molecule has 8 nitrogen and oxygen atoms in total. The highest BCUT2D eigenvalue weighted by molar-refractivity contribution is 5.80. The molecule has 0 aliphatic carbocycles. The number of fused-ring (bicyclic) bond motifs is 3. The summed E-state index contributed by atoms with van der Waals surface area (Å²) in [5, 5.41) is 10.7. The zero-order valence-electron chi connectivity index (χ0n) is 13.3. The van der Waals surface area contributed by atoms with Crippen molar-refractivity contribution < 1.29 is 4.79 Å². The third kappa shape index (κ3) is 2.56. The van der Waals surface area contributed by atoms with E-state index in [1.165, 1.54) is 4.57 Å². The Hall–Kier alpha value is -2.77. The summed E-state index contributed by atoms with van der Waals surface area (Å²) in [7, 11) is 0. The van der Waals surface area contributed by atoms with Crippen LogP contribution >= 0.6 is 0 Å². The maximum absolute atomic E-state index is 12.7. The number of aryl methyl sites for hydroxylation is 1. The number of pyridine rings is 1. The summed E-state index contributed by atoms with van der Waals surface area (Å²) < 4.78 is 3.00. The second kappa shape index (κ2) is 5.79. The van der Waals surface area contributed by atoms with Crippen molar-refractivity contribution in [3.05, 3.63) is 34.5 Å². The van der Waals surface area contributed by atoms with Gasteiger partial charge in [0.1, 0.15) is 12.4 Å². The zero-order chi connectivity index (χ0) is 16.6. The molecule has 3 aromatic rings. The van der Waals surface area contributed by atoms with E-state index in [0.717, 1.165) is 6.42 Å². The van der Waals surface area contributed by atoms with Gasteiger partial charge in [0.2, 0.25) is 11.6 Å². The van der Waals surface area contributed by atoms with E-state index >= 15 is 0 Å². The summed E-state index contributed by atoms with van der Waals surface area (Å²) in [6.07, 6.45) is 2.46. The van der Waals surface area contributed by atoms with E-state index in [4.69, 9.17) is 0 Å². The Morgan fingerprint density at radius 2 is 2.13 bits per heavy atom. The van der Waals surface area contributed by atoms with Gasteiger partial charge in [-0.3, -0.25) is 18.6 Å². The zero-order valence-corrected chi connectivity index (χ0v) is 13.3. The van der Waals surface area contributed by atoms with Crippen LogP contribution in [-0.4, -0.2) is 36.1 Å². The Morgan fingerprint density at radius 3 is 2.87 bits per heavy atom. The Kier molecular flexibility index (Phi) is 3.81. The average molecular weight is 314 g/mol. The van der Waals surface area contributed by atoms with E-state index in [0.29, 0.717) is 17.0 Å². The summed E-state index contributed by atoms with van der Waals surface area (Å²) in [5.74, 6) is 0.365. The fourth-order valence-corrected chi connectivity index (χ4v) is 2.48. The molecule has 1 N–H and O–H groups in total. The monoisotopic (exact) mass is 314 g/mol. The minimum Gasteiger partial charge on any atom is -0.352 e. The minimum atomic E-state index is -0.356. The third-order valence-electron chi connectivity index (χ3n) is 3.85. The molecule has 0 bridgehead atoms. The molecule has 0 saturated carbocycles. The van der Waals surface area contributed by atoms with Gasteiger partial charge in [0.25, 0.3) is 5.56 Å². The van der Waals surface area contributed by atoms with Crippen molar-refractivity contribution in [3.8, 4) is 0 Å². The Morgan fingerprint density at radius 1 is 1.35 bits per heavy atom. The van der Waals surface area contributed by atoms with Crippen LogP contribution in [0, 0.1) is 6.92 Å². The summed E-state index contributed by atoms with van der Waals surface area (Å²) in [4.78, 5) is 29.2. The van der Waals surface area contributed by atoms with Crippen LogP contribution in [0.25, 0.3) is 16.8 Å². The highest BCUT2D eigenvalue weighted by Crippen LogP contribution is 2.12. The number of hydrogen-bond donors (Lipinski definition) is 1. The number of amides is 1. The van der Waals surface area contributed by atoms with Gasteiger partial charge in [-0.15, -0.1) is 10.2 Å². The van der Waals surface area contributed by atoms with Gasteiger partial charge in [-0.1, -0.05) is 6.92 Å². The van der Waals surface area contributed by atoms with Crippen LogP contribution < -0.4 is 10.9 Å². The molecule has 0 aliphatic heterocycles. The fraction of sp³-hybridized carbons (Fsp3) is 0.400. The fourth-order valence-electron chi connectivity index (χ4n) is 2.48. The van der Waals surface area contributed by atoms with Crippen LogP contribution in [0.15, 0.2) is 23.1 Å². The number of aromatic nitrogens is 5. The molecule has 0 fully saturated rings. The van der Waals surface area contributed by atoms with E-state index in [1.54, 1.807) is 29.7 Å². The number of carbonyl (C=O) groups is 1. The highest BCUT2D eigenvalue weighted by atomic mass is 16.2. The first-order valence-electron chi connectivity index (χ1n) is 7.51. The predicted octanol–water partition coefficient (Wildman–Crippen LogP) is 0.662. The Labute approximate surface area is 132 Å². The molecule has 1 amide bonds. The van der Waals surface area contributed by atoms with Crippen molar-refractivity contribution in [2.45, 2.75) is 39.8 Å². The van der Waals surface area contributed by atoms with Gasteiger partial charge in [-0.2, -0.15) is 0 Å². The molecule has 0 spiro atoms. The second-order valence-corrected chi connectivity index (χ2v) is 5.52. The number of hydrogen-bond acceptors (Lipinski definition) is 5. The van der Waals surface area contributed by atoms with E-state index in [-0.39, 0.29) is 29.7 Å².